The fourth-order valence-corrected chi connectivity index (χ4v) is 3.54. The number of amides is 1. The average Bonchev–Trinajstić information content (AvgIpc) is 3.12. The van der Waals surface area contributed by atoms with Crippen LogP contribution in [0.25, 0.3) is 11.1 Å². The normalized spacial score (nSPS) is 11.1. The number of benzene rings is 3. The van der Waals surface area contributed by atoms with Gasteiger partial charge in [0.2, 0.25) is 5.89 Å². The molecule has 3 aromatic carbocycles. The molecule has 152 valence electrons. The minimum Gasteiger partial charge on any atom is -0.439 e. The molecule has 0 spiro atoms. The van der Waals surface area contributed by atoms with E-state index in [1.807, 2.05) is 56.3 Å². The lowest BCUT2D eigenvalue weighted by Gasteiger charge is -2.22. The van der Waals surface area contributed by atoms with Crippen molar-refractivity contribution in [2.45, 2.75) is 26.9 Å². The van der Waals surface area contributed by atoms with E-state index in [0.717, 1.165) is 22.2 Å². The molecule has 30 heavy (non-hydrogen) atoms. The van der Waals surface area contributed by atoms with Crippen LogP contribution >= 0.6 is 23.2 Å². The Balaban J connectivity index is 1.66. The number of aryl methyl sites for hydroxylation is 2. The van der Waals surface area contributed by atoms with Crippen LogP contribution in [0.5, 0.6) is 0 Å². The van der Waals surface area contributed by atoms with Crippen LogP contribution in [-0.2, 0) is 13.1 Å². The quantitative estimate of drug-likeness (QED) is 0.352. The first kappa shape index (κ1) is 20.5. The van der Waals surface area contributed by atoms with E-state index in [1.165, 1.54) is 0 Å². The van der Waals surface area contributed by atoms with Gasteiger partial charge in [-0.1, -0.05) is 59.1 Å². The second kappa shape index (κ2) is 8.50. The first-order valence-electron chi connectivity index (χ1n) is 9.55. The van der Waals surface area contributed by atoms with E-state index in [4.69, 9.17) is 27.6 Å². The molecule has 0 N–H and O–H groups in total. The lowest BCUT2D eigenvalue weighted by atomic mass is 10.1. The molecule has 1 amide bonds. The van der Waals surface area contributed by atoms with Crippen molar-refractivity contribution < 1.29 is 9.21 Å². The van der Waals surface area contributed by atoms with Gasteiger partial charge >= 0.3 is 0 Å². The van der Waals surface area contributed by atoms with Crippen LogP contribution in [0.4, 0.5) is 0 Å². The number of carbonyl (C=O) groups excluding carboxylic acids is 1. The van der Waals surface area contributed by atoms with Gasteiger partial charge < -0.3 is 9.32 Å². The molecule has 1 aromatic heterocycles. The first-order valence-corrected chi connectivity index (χ1v) is 10.3. The summed E-state index contributed by atoms with van der Waals surface area (Å²) in [4.78, 5) is 19.6. The summed E-state index contributed by atoms with van der Waals surface area (Å²) in [6.45, 7) is 4.69. The van der Waals surface area contributed by atoms with Crippen LogP contribution in [0.2, 0.25) is 10.0 Å². The lowest BCUT2D eigenvalue weighted by molar-refractivity contribution is 0.0715. The maximum absolute atomic E-state index is 13.3. The van der Waals surface area contributed by atoms with Crippen molar-refractivity contribution in [3.63, 3.8) is 0 Å². The third kappa shape index (κ3) is 4.50. The molecule has 1 heterocycles. The molecule has 0 unspecified atom stereocenters. The zero-order valence-corrected chi connectivity index (χ0v) is 18.2. The van der Waals surface area contributed by atoms with Gasteiger partial charge in [0, 0.05) is 12.1 Å². The molecule has 4 nitrogen and oxygen atoms in total. The predicted octanol–water partition coefficient (Wildman–Crippen LogP) is 6.59. The minimum absolute atomic E-state index is 0.174. The highest BCUT2D eigenvalue weighted by atomic mass is 35.5. The monoisotopic (exact) mass is 438 g/mol. The molecular weight excluding hydrogens is 419 g/mol. The van der Waals surface area contributed by atoms with Crippen molar-refractivity contribution in [2.75, 3.05) is 0 Å². The number of hydrogen-bond donors (Lipinski definition) is 0. The molecule has 0 atom stereocenters. The van der Waals surface area contributed by atoms with E-state index in [9.17, 15) is 4.79 Å². The molecule has 0 fully saturated rings. The Morgan fingerprint density at radius 1 is 0.900 bits per heavy atom. The van der Waals surface area contributed by atoms with Gasteiger partial charge in [-0.05, 0) is 55.3 Å². The Morgan fingerprint density at radius 2 is 1.63 bits per heavy atom. The number of nitrogens with zero attached hydrogens (tertiary/aromatic N) is 2. The standard InChI is InChI=1S/C24H20Cl2N2O2/c1-15-3-6-17(7-4-15)13-28(24(29)18-8-9-19(25)20(26)12-18)14-23-27-21-11-16(2)5-10-22(21)30-23/h3-12H,13-14H2,1-2H3. The zero-order valence-electron chi connectivity index (χ0n) is 16.7. The Morgan fingerprint density at radius 3 is 2.37 bits per heavy atom. The van der Waals surface area contributed by atoms with Crippen LogP contribution in [0.1, 0.15) is 32.9 Å². The van der Waals surface area contributed by atoms with Gasteiger partial charge in [0.05, 0.1) is 16.6 Å². The summed E-state index contributed by atoms with van der Waals surface area (Å²) >= 11 is 12.2. The molecule has 0 radical (unpaired) electrons. The van der Waals surface area contributed by atoms with Crippen molar-refractivity contribution in [3.8, 4) is 0 Å². The van der Waals surface area contributed by atoms with Crippen LogP contribution < -0.4 is 0 Å². The van der Waals surface area contributed by atoms with E-state index in [0.29, 0.717) is 33.6 Å². The number of halogens is 2. The fourth-order valence-electron chi connectivity index (χ4n) is 3.24. The van der Waals surface area contributed by atoms with Gasteiger partial charge in [0.25, 0.3) is 5.91 Å². The van der Waals surface area contributed by atoms with Gasteiger partial charge in [-0.2, -0.15) is 0 Å². The highest BCUT2D eigenvalue weighted by Crippen LogP contribution is 2.25. The van der Waals surface area contributed by atoms with Crippen molar-refractivity contribution in [1.82, 2.24) is 9.88 Å². The summed E-state index contributed by atoms with van der Waals surface area (Å²) in [7, 11) is 0. The summed E-state index contributed by atoms with van der Waals surface area (Å²) in [6.07, 6.45) is 0. The van der Waals surface area contributed by atoms with Crippen LogP contribution in [0.15, 0.2) is 65.1 Å². The summed E-state index contributed by atoms with van der Waals surface area (Å²) in [6, 6.07) is 18.8. The molecule has 6 heteroatoms. The molecule has 0 aliphatic heterocycles. The Hall–Kier alpha value is -2.82. The highest BCUT2D eigenvalue weighted by molar-refractivity contribution is 6.42. The van der Waals surface area contributed by atoms with Crippen LogP contribution in [0.3, 0.4) is 0 Å². The maximum atomic E-state index is 13.3. The molecule has 0 aliphatic carbocycles. The fraction of sp³-hybridized carbons (Fsp3) is 0.167. The topological polar surface area (TPSA) is 46.3 Å². The van der Waals surface area contributed by atoms with E-state index in [-0.39, 0.29) is 12.5 Å². The van der Waals surface area contributed by atoms with Gasteiger partial charge in [0.15, 0.2) is 5.58 Å². The summed E-state index contributed by atoms with van der Waals surface area (Å²) in [5.41, 5.74) is 5.22. The number of hydrogen-bond acceptors (Lipinski definition) is 3. The number of oxazole rings is 1. The smallest absolute Gasteiger partial charge is 0.254 e. The van der Waals surface area contributed by atoms with E-state index in [2.05, 4.69) is 4.98 Å². The van der Waals surface area contributed by atoms with Gasteiger partial charge in [0.1, 0.15) is 5.52 Å². The maximum Gasteiger partial charge on any atom is 0.254 e. The highest BCUT2D eigenvalue weighted by Gasteiger charge is 2.20. The lowest BCUT2D eigenvalue weighted by Crippen LogP contribution is -2.30. The summed E-state index contributed by atoms with van der Waals surface area (Å²) < 4.78 is 5.89. The van der Waals surface area contributed by atoms with Crippen molar-refractivity contribution in [2.24, 2.45) is 0 Å². The van der Waals surface area contributed by atoms with E-state index in [1.54, 1.807) is 23.1 Å². The predicted molar refractivity (Wildman–Crippen MR) is 120 cm³/mol. The minimum atomic E-state index is -0.174. The van der Waals surface area contributed by atoms with E-state index < -0.39 is 0 Å². The summed E-state index contributed by atoms with van der Waals surface area (Å²) in [5.74, 6) is 0.309. The average molecular weight is 439 g/mol. The number of rotatable bonds is 5. The Kier molecular flexibility index (Phi) is 5.80. The van der Waals surface area contributed by atoms with Crippen molar-refractivity contribution in [3.05, 3.63) is 98.9 Å². The Labute approximate surface area is 185 Å². The van der Waals surface area contributed by atoms with Crippen molar-refractivity contribution >= 4 is 40.2 Å². The van der Waals surface area contributed by atoms with Crippen LogP contribution in [0, 0.1) is 13.8 Å². The van der Waals surface area contributed by atoms with Crippen molar-refractivity contribution in [1.29, 1.82) is 0 Å². The zero-order chi connectivity index (χ0) is 21.3. The largest absolute Gasteiger partial charge is 0.439 e. The first-order chi connectivity index (χ1) is 14.4. The molecule has 4 aromatic rings. The molecule has 0 aliphatic rings. The summed E-state index contributed by atoms with van der Waals surface area (Å²) in [5, 5.41) is 0.753. The molecule has 4 rings (SSSR count). The third-order valence-corrected chi connectivity index (χ3v) is 5.60. The van der Waals surface area contributed by atoms with Gasteiger partial charge in [-0.25, -0.2) is 4.98 Å². The number of fused-ring (bicyclic) bond motifs is 1. The molecule has 0 saturated heterocycles. The molecular formula is C24H20Cl2N2O2. The Bertz CT molecular complexity index is 1220. The third-order valence-electron chi connectivity index (χ3n) is 4.86. The SMILES string of the molecule is Cc1ccc(CN(Cc2nc3cc(C)ccc3o2)C(=O)c2ccc(Cl)c(Cl)c2)cc1. The molecule has 0 saturated carbocycles. The second-order valence-electron chi connectivity index (χ2n) is 7.35. The van der Waals surface area contributed by atoms with Gasteiger partial charge in [-0.15, -0.1) is 0 Å². The number of aromatic nitrogens is 1. The van der Waals surface area contributed by atoms with E-state index >= 15 is 0 Å². The van der Waals surface area contributed by atoms with Gasteiger partial charge in [-0.3, -0.25) is 4.79 Å². The second-order valence-corrected chi connectivity index (χ2v) is 8.17. The number of carbonyl (C=O) groups is 1. The van der Waals surface area contributed by atoms with Crippen LogP contribution in [-0.4, -0.2) is 15.8 Å². The molecule has 0 bridgehead atoms.